The SMILES string of the molecule is CCOC(=O)CCCCCN(CCC(N)=S)CC(C)C. The molecular formula is C15H30N2O2S. The van der Waals surface area contributed by atoms with Crippen LogP contribution in [-0.2, 0) is 9.53 Å². The van der Waals surface area contributed by atoms with E-state index in [9.17, 15) is 4.79 Å². The highest BCUT2D eigenvalue weighted by molar-refractivity contribution is 7.80. The quantitative estimate of drug-likeness (QED) is 0.341. The first-order valence-electron chi connectivity index (χ1n) is 7.62. The lowest BCUT2D eigenvalue weighted by Gasteiger charge is -2.24. The molecule has 4 nitrogen and oxygen atoms in total. The first kappa shape index (κ1) is 19.3. The zero-order valence-corrected chi connectivity index (χ0v) is 14.0. The molecule has 20 heavy (non-hydrogen) atoms. The van der Waals surface area contributed by atoms with Gasteiger partial charge in [-0.05, 0) is 32.2 Å². The Morgan fingerprint density at radius 1 is 1.20 bits per heavy atom. The Morgan fingerprint density at radius 3 is 2.45 bits per heavy atom. The van der Waals surface area contributed by atoms with Crippen molar-refractivity contribution >= 4 is 23.2 Å². The molecule has 0 aliphatic heterocycles. The molecule has 5 heteroatoms. The van der Waals surface area contributed by atoms with Gasteiger partial charge in [-0.15, -0.1) is 0 Å². The third-order valence-electron chi connectivity index (χ3n) is 2.96. The Balaban J connectivity index is 3.77. The summed E-state index contributed by atoms with van der Waals surface area (Å²) in [5.41, 5.74) is 5.56. The molecule has 0 saturated heterocycles. The van der Waals surface area contributed by atoms with Crippen LogP contribution < -0.4 is 5.73 Å². The van der Waals surface area contributed by atoms with Crippen LogP contribution in [0.15, 0.2) is 0 Å². The first-order valence-corrected chi connectivity index (χ1v) is 8.02. The predicted molar refractivity (Wildman–Crippen MR) is 87.8 cm³/mol. The van der Waals surface area contributed by atoms with Gasteiger partial charge in [0.15, 0.2) is 0 Å². The van der Waals surface area contributed by atoms with Crippen molar-refractivity contribution in [2.75, 3.05) is 26.2 Å². The molecule has 0 saturated carbocycles. The summed E-state index contributed by atoms with van der Waals surface area (Å²) in [5, 5.41) is 0. The second-order valence-corrected chi connectivity index (χ2v) is 6.05. The van der Waals surface area contributed by atoms with Crippen LogP contribution in [0.3, 0.4) is 0 Å². The molecule has 0 aliphatic carbocycles. The minimum Gasteiger partial charge on any atom is -0.466 e. The van der Waals surface area contributed by atoms with Crippen molar-refractivity contribution in [3.8, 4) is 0 Å². The molecule has 0 aromatic rings. The zero-order chi connectivity index (χ0) is 15.4. The van der Waals surface area contributed by atoms with E-state index < -0.39 is 0 Å². The molecule has 0 aliphatic rings. The fraction of sp³-hybridized carbons (Fsp3) is 0.867. The fourth-order valence-corrected chi connectivity index (χ4v) is 2.19. The van der Waals surface area contributed by atoms with Crippen LogP contribution in [0.25, 0.3) is 0 Å². The summed E-state index contributed by atoms with van der Waals surface area (Å²) in [7, 11) is 0. The minimum atomic E-state index is -0.0833. The van der Waals surface area contributed by atoms with Crippen LogP contribution in [-0.4, -0.2) is 42.1 Å². The third-order valence-corrected chi connectivity index (χ3v) is 3.16. The number of ether oxygens (including phenoxy) is 1. The molecule has 0 fully saturated rings. The van der Waals surface area contributed by atoms with Gasteiger partial charge in [0.05, 0.1) is 11.6 Å². The van der Waals surface area contributed by atoms with Crippen LogP contribution in [0.5, 0.6) is 0 Å². The Morgan fingerprint density at radius 2 is 1.90 bits per heavy atom. The maximum atomic E-state index is 11.2. The van der Waals surface area contributed by atoms with Crippen molar-refractivity contribution < 1.29 is 9.53 Å². The second-order valence-electron chi connectivity index (χ2n) is 5.53. The number of carbonyl (C=O) groups is 1. The van der Waals surface area contributed by atoms with E-state index in [4.69, 9.17) is 22.7 Å². The molecule has 0 spiro atoms. The molecule has 0 heterocycles. The van der Waals surface area contributed by atoms with E-state index in [0.717, 1.165) is 45.3 Å². The number of nitrogens with zero attached hydrogens (tertiary/aromatic N) is 1. The predicted octanol–water partition coefficient (Wildman–Crippen LogP) is 2.74. The monoisotopic (exact) mass is 302 g/mol. The van der Waals surface area contributed by atoms with Crippen LogP contribution in [0.2, 0.25) is 0 Å². The molecule has 118 valence electrons. The van der Waals surface area contributed by atoms with Crippen LogP contribution in [0.1, 0.15) is 52.9 Å². The van der Waals surface area contributed by atoms with Crippen LogP contribution >= 0.6 is 12.2 Å². The standard InChI is InChI=1S/C15H30N2O2S/c1-4-19-15(18)8-6-5-7-10-17(12-13(2)3)11-9-14(16)20/h13H,4-12H2,1-3H3,(H2,16,20). The van der Waals surface area contributed by atoms with E-state index in [1.165, 1.54) is 0 Å². The molecule has 0 rings (SSSR count). The van der Waals surface area contributed by atoms with Crippen molar-refractivity contribution in [3.05, 3.63) is 0 Å². The molecular weight excluding hydrogens is 272 g/mol. The molecule has 0 bridgehead atoms. The fourth-order valence-electron chi connectivity index (χ4n) is 2.09. The normalized spacial score (nSPS) is 11.1. The molecule has 0 amide bonds. The van der Waals surface area contributed by atoms with Gasteiger partial charge < -0.3 is 15.4 Å². The summed E-state index contributed by atoms with van der Waals surface area (Å²) < 4.78 is 4.91. The van der Waals surface area contributed by atoms with E-state index in [1.54, 1.807) is 0 Å². The lowest BCUT2D eigenvalue weighted by molar-refractivity contribution is -0.143. The molecule has 0 radical (unpaired) electrons. The maximum absolute atomic E-state index is 11.2. The van der Waals surface area contributed by atoms with Gasteiger partial charge in [0.1, 0.15) is 0 Å². The van der Waals surface area contributed by atoms with Gasteiger partial charge in [-0.2, -0.15) is 0 Å². The Labute approximate surface area is 129 Å². The minimum absolute atomic E-state index is 0.0833. The van der Waals surface area contributed by atoms with E-state index >= 15 is 0 Å². The average molecular weight is 302 g/mol. The van der Waals surface area contributed by atoms with E-state index in [1.807, 2.05) is 6.92 Å². The molecule has 0 aromatic heterocycles. The number of nitrogens with two attached hydrogens (primary N) is 1. The average Bonchev–Trinajstić information content (AvgIpc) is 2.34. The number of thiocarbonyl (C=S) groups is 1. The van der Waals surface area contributed by atoms with Gasteiger partial charge >= 0.3 is 5.97 Å². The van der Waals surface area contributed by atoms with Gasteiger partial charge in [0, 0.05) is 25.9 Å². The summed E-state index contributed by atoms with van der Waals surface area (Å²) in [5.74, 6) is 0.556. The van der Waals surface area contributed by atoms with Gasteiger partial charge in [0.2, 0.25) is 0 Å². The Bertz CT molecular complexity index is 283. The molecule has 0 unspecified atom stereocenters. The van der Waals surface area contributed by atoms with Crippen molar-refractivity contribution in [1.29, 1.82) is 0 Å². The van der Waals surface area contributed by atoms with E-state index in [2.05, 4.69) is 18.7 Å². The number of esters is 1. The highest BCUT2D eigenvalue weighted by Crippen LogP contribution is 2.06. The Kier molecular flexibility index (Phi) is 11.7. The molecule has 2 N–H and O–H groups in total. The van der Waals surface area contributed by atoms with Crippen LogP contribution in [0, 0.1) is 5.92 Å². The van der Waals surface area contributed by atoms with E-state index in [0.29, 0.717) is 23.9 Å². The maximum Gasteiger partial charge on any atom is 0.305 e. The summed E-state index contributed by atoms with van der Waals surface area (Å²) in [6.07, 6.45) is 4.38. The smallest absolute Gasteiger partial charge is 0.305 e. The highest BCUT2D eigenvalue weighted by Gasteiger charge is 2.08. The van der Waals surface area contributed by atoms with Crippen molar-refractivity contribution in [2.45, 2.75) is 52.9 Å². The zero-order valence-electron chi connectivity index (χ0n) is 13.2. The van der Waals surface area contributed by atoms with Crippen molar-refractivity contribution in [3.63, 3.8) is 0 Å². The third kappa shape index (κ3) is 12.4. The second kappa shape index (κ2) is 12.1. The Hall–Kier alpha value is -0.680. The molecule has 0 atom stereocenters. The van der Waals surface area contributed by atoms with Gasteiger partial charge in [-0.1, -0.05) is 32.5 Å². The largest absolute Gasteiger partial charge is 0.466 e. The number of rotatable bonds is 12. The van der Waals surface area contributed by atoms with Crippen molar-refractivity contribution in [1.82, 2.24) is 4.90 Å². The topological polar surface area (TPSA) is 55.6 Å². The number of carbonyl (C=O) groups excluding carboxylic acids is 1. The summed E-state index contributed by atoms with van der Waals surface area (Å²) >= 11 is 4.93. The van der Waals surface area contributed by atoms with Crippen LogP contribution in [0.4, 0.5) is 0 Å². The summed E-state index contributed by atoms with van der Waals surface area (Å²) in [6, 6.07) is 0. The highest BCUT2D eigenvalue weighted by atomic mass is 32.1. The number of hydrogen-bond acceptors (Lipinski definition) is 4. The summed E-state index contributed by atoms with van der Waals surface area (Å²) in [4.78, 5) is 14.2. The lowest BCUT2D eigenvalue weighted by Crippen LogP contribution is -2.32. The van der Waals surface area contributed by atoms with Gasteiger partial charge in [-0.3, -0.25) is 4.79 Å². The van der Waals surface area contributed by atoms with Gasteiger partial charge in [-0.25, -0.2) is 0 Å². The van der Waals surface area contributed by atoms with Gasteiger partial charge in [0.25, 0.3) is 0 Å². The summed E-state index contributed by atoms with van der Waals surface area (Å²) in [6.45, 7) is 9.79. The lowest BCUT2D eigenvalue weighted by atomic mass is 10.1. The van der Waals surface area contributed by atoms with E-state index in [-0.39, 0.29) is 5.97 Å². The molecule has 0 aromatic carbocycles. The van der Waals surface area contributed by atoms with Crippen molar-refractivity contribution in [2.24, 2.45) is 11.7 Å². The number of hydrogen-bond donors (Lipinski definition) is 1. The first-order chi connectivity index (χ1) is 9.45. The number of unbranched alkanes of at least 4 members (excludes halogenated alkanes) is 2.